The summed E-state index contributed by atoms with van der Waals surface area (Å²) in [5.74, 6) is -3.00. The highest BCUT2D eigenvalue weighted by molar-refractivity contribution is 6.02. The summed E-state index contributed by atoms with van der Waals surface area (Å²) >= 11 is 0. The molecule has 0 spiro atoms. The number of hydrogen-bond donors (Lipinski definition) is 1. The summed E-state index contributed by atoms with van der Waals surface area (Å²) in [4.78, 5) is 62.6. The van der Waals surface area contributed by atoms with E-state index in [1.54, 1.807) is 54.6 Å². The van der Waals surface area contributed by atoms with Crippen LogP contribution in [0.3, 0.4) is 0 Å². The van der Waals surface area contributed by atoms with Gasteiger partial charge in [0.1, 0.15) is 17.9 Å². The molecule has 1 heterocycles. The van der Waals surface area contributed by atoms with Crippen LogP contribution in [0, 0.1) is 0 Å². The molecule has 0 aliphatic rings. The molecule has 0 unspecified atom stereocenters. The zero-order chi connectivity index (χ0) is 25.4. The van der Waals surface area contributed by atoms with E-state index in [0.717, 1.165) is 23.3 Å². The van der Waals surface area contributed by atoms with Crippen LogP contribution in [-0.4, -0.2) is 40.6 Å². The van der Waals surface area contributed by atoms with Crippen molar-refractivity contribution in [2.45, 2.75) is 13.1 Å². The lowest BCUT2D eigenvalue weighted by atomic mass is 10.1. The maximum absolute atomic E-state index is 13.0. The Labute approximate surface area is 199 Å². The van der Waals surface area contributed by atoms with Gasteiger partial charge in [0.05, 0.1) is 13.7 Å². The van der Waals surface area contributed by atoms with E-state index in [9.17, 15) is 24.0 Å². The van der Waals surface area contributed by atoms with E-state index in [-0.39, 0.29) is 6.54 Å². The van der Waals surface area contributed by atoms with Crippen molar-refractivity contribution in [3.8, 4) is 0 Å². The van der Waals surface area contributed by atoms with Crippen LogP contribution >= 0.6 is 0 Å². The second kappa shape index (κ2) is 11.4. The number of esters is 2. The molecule has 0 amide bonds. The van der Waals surface area contributed by atoms with Crippen molar-refractivity contribution in [2.24, 2.45) is 0 Å². The van der Waals surface area contributed by atoms with Crippen molar-refractivity contribution >= 4 is 29.6 Å². The third-order valence-corrected chi connectivity index (χ3v) is 5.00. The highest BCUT2D eigenvalue weighted by Crippen LogP contribution is 2.10. The van der Waals surface area contributed by atoms with Crippen LogP contribution in [0.4, 0.5) is 5.82 Å². The minimum Gasteiger partial charge on any atom is -0.468 e. The molecule has 3 aromatic rings. The van der Waals surface area contributed by atoms with Crippen LogP contribution in [0.5, 0.6) is 0 Å². The van der Waals surface area contributed by atoms with E-state index in [2.05, 4.69) is 4.74 Å². The van der Waals surface area contributed by atoms with Gasteiger partial charge in [-0.1, -0.05) is 60.7 Å². The summed E-state index contributed by atoms with van der Waals surface area (Å²) in [7, 11) is 1.10. The number of hydrogen-bond acceptors (Lipinski definition) is 8. The minimum atomic E-state index is -1.08. The van der Waals surface area contributed by atoms with E-state index in [4.69, 9.17) is 10.5 Å². The van der Waals surface area contributed by atoms with E-state index < -0.39 is 53.5 Å². The Morgan fingerprint density at radius 1 is 0.943 bits per heavy atom. The van der Waals surface area contributed by atoms with E-state index >= 15 is 0 Å². The third-order valence-electron chi connectivity index (χ3n) is 5.00. The number of anilines is 1. The Morgan fingerprint density at radius 3 is 2.20 bits per heavy atom. The maximum Gasteiger partial charge on any atom is 0.333 e. The molecule has 0 radical (unpaired) electrons. The molecule has 0 saturated carbocycles. The summed E-state index contributed by atoms with van der Waals surface area (Å²) in [5.41, 5.74) is 4.95. The molecule has 3 rings (SSSR count). The van der Waals surface area contributed by atoms with Crippen molar-refractivity contribution in [3.05, 3.63) is 104 Å². The number of aromatic nitrogens is 2. The van der Waals surface area contributed by atoms with Gasteiger partial charge in [-0.25, -0.2) is 14.2 Å². The van der Waals surface area contributed by atoms with Crippen molar-refractivity contribution in [1.29, 1.82) is 0 Å². The zero-order valence-corrected chi connectivity index (χ0v) is 18.9. The summed E-state index contributed by atoms with van der Waals surface area (Å²) < 4.78 is 11.1. The fourth-order valence-electron chi connectivity index (χ4n) is 3.21. The largest absolute Gasteiger partial charge is 0.468 e. The molecule has 35 heavy (non-hydrogen) atoms. The van der Waals surface area contributed by atoms with Gasteiger partial charge in [0.25, 0.3) is 5.56 Å². The van der Waals surface area contributed by atoms with Gasteiger partial charge in [-0.3, -0.25) is 19.0 Å². The SMILES string of the molecule is COC(=O)Cn1c(=O)c(C(=O)COC(=O)C=Cc2ccccc2)c(N)n(Cc2ccccc2)c1=O. The molecule has 0 saturated heterocycles. The number of carbonyl (C=O) groups is 3. The van der Waals surface area contributed by atoms with Crippen LogP contribution in [-0.2, 0) is 32.2 Å². The summed E-state index contributed by atoms with van der Waals surface area (Å²) in [6, 6.07) is 17.7. The predicted molar refractivity (Wildman–Crippen MR) is 128 cm³/mol. The predicted octanol–water partition coefficient (Wildman–Crippen LogP) is 1.25. The zero-order valence-electron chi connectivity index (χ0n) is 18.9. The van der Waals surface area contributed by atoms with Crippen molar-refractivity contribution in [2.75, 3.05) is 19.5 Å². The fourth-order valence-corrected chi connectivity index (χ4v) is 3.21. The average molecular weight is 477 g/mol. The number of rotatable bonds is 9. The molecular weight excluding hydrogens is 454 g/mol. The lowest BCUT2D eigenvalue weighted by Gasteiger charge is -2.16. The third kappa shape index (κ3) is 6.20. The highest BCUT2D eigenvalue weighted by atomic mass is 16.5. The van der Waals surface area contributed by atoms with E-state index in [0.29, 0.717) is 10.1 Å². The molecule has 0 aliphatic heterocycles. The van der Waals surface area contributed by atoms with Gasteiger partial charge in [-0.2, -0.15) is 0 Å². The Hall–Kier alpha value is -4.73. The smallest absolute Gasteiger partial charge is 0.333 e. The van der Waals surface area contributed by atoms with Crippen LogP contribution < -0.4 is 17.0 Å². The second-order valence-corrected chi connectivity index (χ2v) is 7.36. The first-order chi connectivity index (χ1) is 16.8. The Morgan fingerprint density at radius 2 is 1.57 bits per heavy atom. The monoisotopic (exact) mass is 477 g/mol. The topological polar surface area (TPSA) is 140 Å². The van der Waals surface area contributed by atoms with E-state index in [1.165, 1.54) is 6.08 Å². The number of ether oxygens (including phenoxy) is 2. The number of methoxy groups -OCH3 is 1. The number of benzene rings is 2. The first-order valence-electron chi connectivity index (χ1n) is 10.5. The van der Waals surface area contributed by atoms with Crippen LogP contribution in [0.2, 0.25) is 0 Å². The Bertz CT molecular complexity index is 1370. The molecule has 2 aromatic carbocycles. The molecule has 10 nitrogen and oxygen atoms in total. The minimum absolute atomic E-state index is 0.0627. The van der Waals surface area contributed by atoms with Crippen LogP contribution in [0.25, 0.3) is 6.08 Å². The van der Waals surface area contributed by atoms with Gasteiger partial charge in [0.15, 0.2) is 6.61 Å². The van der Waals surface area contributed by atoms with Gasteiger partial charge in [0, 0.05) is 6.08 Å². The summed E-state index contributed by atoms with van der Waals surface area (Å²) in [6.07, 6.45) is 2.64. The van der Waals surface area contributed by atoms with E-state index in [1.807, 2.05) is 6.07 Å². The molecular formula is C25H23N3O7. The quantitative estimate of drug-likeness (QED) is 0.276. The number of nitrogens with zero attached hydrogens (tertiary/aromatic N) is 2. The molecule has 1 aromatic heterocycles. The van der Waals surface area contributed by atoms with Gasteiger partial charge in [-0.05, 0) is 17.2 Å². The Kier molecular flexibility index (Phi) is 8.12. The van der Waals surface area contributed by atoms with Crippen molar-refractivity contribution < 1.29 is 23.9 Å². The first kappa shape index (κ1) is 24.9. The maximum atomic E-state index is 13.0. The van der Waals surface area contributed by atoms with Gasteiger partial charge in [-0.15, -0.1) is 0 Å². The lowest BCUT2D eigenvalue weighted by Crippen LogP contribution is -2.46. The van der Waals surface area contributed by atoms with Crippen molar-refractivity contribution in [1.82, 2.24) is 9.13 Å². The average Bonchev–Trinajstić information content (AvgIpc) is 2.87. The van der Waals surface area contributed by atoms with Gasteiger partial charge >= 0.3 is 17.6 Å². The Balaban J connectivity index is 1.91. The van der Waals surface area contributed by atoms with Crippen LogP contribution in [0.15, 0.2) is 76.3 Å². The molecule has 0 atom stereocenters. The normalized spacial score (nSPS) is 10.8. The molecule has 0 bridgehead atoms. The van der Waals surface area contributed by atoms with Crippen molar-refractivity contribution in [3.63, 3.8) is 0 Å². The molecule has 0 fully saturated rings. The number of nitrogens with two attached hydrogens (primary N) is 1. The molecule has 10 heteroatoms. The number of carbonyl (C=O) groups excluding carboxylic acids is 3. The number of ketones is 1. The summed E-state index contributed by atoms with van der Waals surface area (Å²) in [6.45, 7) is -1.57. The molecule has 180 valence electrons. The lowest BCUT2D eigenvalue weighted by molar-refractivity contribution is -0.141. The fraction of sp³-hybridized carbons (Fsp3) is 0.160. The molecule has 2 N–H and O–H groups in total. The number of nitrogen functional groups attached to an aromatic ring is 1. The van der Waals surface area contributed by atoms with Crippen LogP contribution in [0.1, 0.15) is 21.5 Å². The standard InChI is InChI=1S/C25H23N3O7/c1-34-21(31)15-28-24(32)22(23(26)27(25(28)33)14-18-10-6-3-7-11-18)19(29)16-35-20(30)13-12-17-8-4-2-5-9-17/h2-13H,14-16,26H2,1H3. The highest BCUT2D eigenvalue weighted by Gasteiger charge is 2.24. The summed E-state index contributed by atoms with van der Waals surface area (Å²) in [5, 5.41) is 0. The molecule has 0 aliphatic carbocycles. The second-order valence-electron chi connectivity index (χ2n) is 7.36. The number of Topliss-reactive ketones (excluding diaryl/α,β-unsaturated/α-hetero) is 1. The first-order valence-corrected chi connectivity index (χ1v) is 10.5. The van der Waals surface area contributed by atoms with Gasteiger partial charge in [0.2, 0.25) is 5.78 Å². The van der Waals surface area contributed by atoms with Gasteiger partial charge < -0.3 is 15.2 Å².